The average molecular weight is 399 g/mol. The summed E-state index contributed by atoms with van der Waals surface area (Å²) in [5.41, 5.74) is 2.57. The summed E-state index contributed by atoms with van der Waals surface area (Å²) in [5.74, 6) is 0.145. The smallest absolute Gasteiger partial charge is 0.258 e. The Bertz CT molecular complexity index is 1170. The third-order valence-corrected chi connectivity index (χ3v) is 5.75. The molecule has 3 aromatic heterocycles. The van der Waals surface area contributed by atoms with Gasteiger partial charge < -0.3 is 5.32 Å². The maximum atomic E-state index is 13.7. The number of nitrogens with zero attached hydrogens (tertiary/aromatic N) is 4. The minimum absolute atomic E-state index is 0.116. The predicted octanol–water partition coefficient (Wildman–Crippen LogP) is 4.03. The van der Waals surface area contributed by atoms with Crippen LogP contribution in [0.2, 0.25) is 0 Å². The molecule has 0 saturated carbocycles. The van der Waals surface area contributed by atoms with Gasteiger partial charge in [-0.15, -0.1) is 10.2 Å². The van der Waals surface area contributed by atoms with E-state index in [1.807, 2.05) is 19.1 Å². The molecule has 0 saturated heterocycles. The van der Waals surface area contributed by atoms with Gasteiger partial charge in [0.25, 0.3) is 5.56 Å². The monoisotopic (exact) mass is 399 g/mol. The Labute approximate surface area is 162 Å². The lowest BCUT2D eigenvalue weighted by Gasteiger charge is -2.04. The normalized spacial score (nSPS) is 11.0. The van der Waals surface area contributed by atoms with Crippen molar-refractivity contribution in [2.24, 2.45) is 0 Å². The van der Waals surface area contributed by atoms with Gasteiger partial charge in [-0.2, -0.15) is 0 Å². The molecule has 0 fully saturated rings. The van der Waals surface area contributed by atoms with Crippen LogP contribution in [0.5, 0.6) is 0 Å². The molecule has 0 radical (unpaired) electrons. The zero-order valence-electron chi connectivity index (χ0n) is 14.2. The van der Waals surface area contributed by atoms with Gasteiger partial charge in [-0.1, -0.05) is 35.2 Å². The second kappa shape index (κ2) is 7.45. The molecule has 0 atom stereocenters. The molecule has 1 N–H and O–H groups in total. The zero-order chi connectivity index (χ0) is 18.8. The fourth-order valence-corrected chi connectivity index (χ4v) is 4.12. The van der Waals surface area contributed by atoms with Crippen molar-refractivity contribution in [3.63, 3.8) is 0 Å². The van der Waals surface area contributed by atoms with Crippen LogP contribution in [-0.4, -0.2) is 19.6 Å². The van der Waals surface area contributed by atoms with E-state index in [2.05, 4.69) is 20.5 Å². The third kappa shape index (κ3) is 3.99. The van der Waals surface area contributed by atoms with Gasteiger partial charge in [0.2, 0.25) is 5.13 Å². The van der Waals surface area contributed by atoms with Gasteiger partial charge in [0, 0.05) is 18.0 Å². The topological polar surface area (TPSA) is 72.2 Å². The maximum absolute atomic E-state index is 13.7. The lowest BCUT2D eigenvalue weighted by Crippen LogP contribution is -2.15. The van der Waals surface area contributed by atoms with E-state index in [1.54, 1.807) is 24.4 Å². The van der Waals surface area contributed by atoms with Gasteiger partial charge in [-0.25, -0.2) is 9.37 Å². The molecule has 0 aliphatic carbocycles. The first-order valence-corrected chi connectivity index (χ1v) is 9.85. The highest BCUT2D eigenvalue weighted by Crippen LogP contribution is 2.30. The maximum Gasteiger partial charge on any atom is 0.258 e. The predicted molar refractivity (Wildman–Crippen MR) is 105 cm³/mol. The summed E-state index contributed by atoms with van der Waals surface area (Å²) in [6.07, 6.45) is 1.72. The number of anilines is 2. The van der Waals surface area contributed by atoms with Gasteiger partial charge in [-0.05, 0) is 36.8 Å². The first-order valence-electron chi connectivity index (χ1n) is 8.05. The molecule has 9 heteroatoms. The lowest BCUT2D eigenvalue weighted by molar-refractivity contribution is 0.632. The summed E-state index contributed by atoms with van der Waals surface area (Å²) >= 11 is 2.75. The second-order valence-electron chi connectivity index (χ2n) is 5.78. The molecule has 0 amide bonds. The second-order valence-corrected chi connectivity index (χ2v) is 7.98. The number of aromatic nitrogens is 4. The number of fused-ring (bicyclic) bond motifs is 1. The summed E-state index contributed by atoms with van der Waals surface area (Å²) in [6, 6.07) is 11.7. The molecule has 4 aromatic rings. The van der Waals surface area contributed by atoms with Crippen molar-refractivity contribution in [1.82, 2.24) is 19.6 Å². The molecule has 3 heterocycles. The summed E-state index contributed by atoms with van der Waals surface area (Å²) in [5, 5.41) is 11.5. The van der Waals surface area contributed by atoms with Crippen molar-refractivity contribution >= 4 is 39.6 Å². The minimum Gasteiger partial charge on any atom is -0.328 e. The van der Waals surface area contributed by atoms with Crippen molar-refractivity contribution in [1.29, 1.82) is 0 Å². The van der Waals surface area contributed by atoms with Gasteiger partial charge in [0.1, 0.15) is 11.5 Å². The molecule has 0 unspecified atom stereocenters. The van der Waals surface area contributed by atoms with E-state index >= 15 is 0 Å². The fraction of sp³-hybridized carbons (Fsp3) is 0.111. The fourth-order valence-electron chi connectivity index (χ4n) is 2.46. The number of nitrogens with one attached hydrogen (secondary N) is 1. The molecular weight excluding hydrogens is 385 g/mol. The highest BCUT2D eigenvalue weighted by molar-refractivity contribution is 8.00. The molecule has 0 spiro atoms. The summed E-state index contributed by atoms with van der Waals surface area (Å²) < 4.78 is 15.9. The van der Waals surface area contributed by atoms with Gasteiger partial charge in [0.05, 0.1) is 11.4 Å². The van der Waals surface area contributed by atoms with E-state index in [0.717, 1.165) is 5.56 Å². The highest BCUT2D eigenvalue weighted by atomic mass is 32.2. The first-order chi connectivity index (χ1) is 13.1. The number of benzene rings is 1. The first kappa shape index (κ1) is 17.6. The molecule has 136 valence electrons. The Balaban J connectivity index is 1.48. The number of hydrogen-bond acceptors (Lipinski definition) is 7. The molecule has 1 aromatic carbocycles. The molecule has 6 nitrogen and oxygen atoms in total. The van der Waals surface area contributed by atoms with Gasteiger partial charge >= 0.3 is 0 Å². The van der Waals surface area contributed by atoms with Crippen molar-refractivity contribution in [3.05, 3.63) is 76.1 Å². The van der Waals surface area contributed by atoms with Crippen LogP contribution in [-0.2, 0) is 5.75 Å². The number of thioether (sulfide) groups is 1. The van der Waals surface area contributed by atoms with Gasteiger partial charge in [-0.3, -0.25) is 9.20 Å². The SMILES string of the molecule is Cc1ccn2c(=O)cc(CSc3nnc(Nc4ccccc4F)s3)nc2c1. The van der Waals surface area contributed by atoms with E-state index < -0.39 is 0 Å². The van der Waals surface area contributed by atoms with Crippen molar-refractivity contribution in [2.45, 2.75) is 17.0 Å². The Morgan fingerprint density at radius 3 is 2.93 bits per heavy atom. The van der Waals surface area contributed by atoms with Crippen molar-refractivity contribution < 1.29 is 4.39 Å². The van der Waals surface area contributed by atoms with E-state index in [4.69, 9.17) is 0 Å². The Morgan fingerprint density at radius 2 is 2.07 bits per heavy atom. The van der Waals surface area contributed by atoms with E-state index in [1.165, 1.54) is 39.6 Å². The van der Waals surface area contributed by atoms with E-state index in [0.29, 0.717) is 32.3 Å². The third-order valence-electron chi connectivity index (χ3n) is 3.74. The number of halogens is 1. The molecule has 0 bridgehead atoms. The van der Waals surface area contributed by atoms with Crippen LogP contribution in [0.3, 0.4) is 0 Å². The highest BCUT2D eigenvalue weighted by Gasteiger charge is 2.09. The summed E-state index contributed by atoms with van der Waals surface area (Å²) in [6.45, 7) is 1.96. The number of hydrogen-bond donors (Lipinski definition) is 1. The molecule has 27 heavy (non-hydrogen) atoms. The van der Waals surface area contributed by atoms with Crippen LogP contribution in [0.15, 0.2) is 57.8 Å². The van der Waals surface area contributed by atoms with Crippen LogP contribution >= 0.6 is 23.1 Å². The average Bonchev–Trinajstić information content (AvgIpc) is 3.09. The number of para-hydroxylation sites is 1. The molecular formula is C18H14FN5OS2. The molecule has 0 aliphatic rings. The Kier molecular flexibility index (Phi) is 4.87. The van der Waals surface area contributed by atoms with Crippen LogP contribution in [0.25, 0.3) is 5.65 Å². The number of rotatable bonds is 5. The van der Waals surface area contributed by atoms with Crippen molar-refractivity contribution in [2.75, 3.05) is 5.32 Å². The van der Waals surface area contributed by atoms with Crippen LogP contribution in [0.4, 0.5) is 15.2 Å². The summed E-state index contributed by atoms with van der Waals surface area (Å²) in [4.78, 5) is 16.7. The van der Waals surface area contributed by atoms with Gasteiger partial charge in [0.15, 0.2) is 4.34 Å². The minimum atomic E-state index is -0.349. The quantitative estimate of drug-likeness (QED) is 0.511. The lowest BCUT2D eigenvalue weighted by atomic mass is 10.3. The van der Waals surface area contributed by atoms with Crippen molar-refractivity contribution in [3.8, 4) is 0 Å². The standard InChI is InChI=1S/C18H14FN5OS2/c1-11-6-7-24-15(8-11)20-12(9-16(24)25)10-26-18-23-22-17(27-18)21-14-5-3-2-4-13(14)19/h2-9H,10H2,1H3,(H,21,22). The van der Waals surface area contributed by atoms with E-state index in [-0.39, 0.29) is 11.4 Å². The zero-order valence-corrected chi connectivity index (χ0v) is 15.9. The largest absolute Gasteiger partial charge is 0.328 e. The van der Waals surface area contributed by atoms with Crippen LogP contribution < -0.4 is 10.9 Å². The molecule has 0 aliphatic heterocycles. The number of pyridine rings is 1. The Morgan fingerprint density at radius 1 is 1.22 bits per heavy atom. The van der Waals surface area contributed by atoms with Crippen LogP contribution in [0.1, 0.15) is 11.3 Å². The number of aryl methyl sites for hydroxylation is 1. The summed E-state index contributed by atoms with van der Waals surface area (Å²) in [7, 11) is 0. The molecule has 4 rings (SSSR count). The Hall–Kier alpha value is -2.78. The van der Waals surface area contributed by atoms with E-state index in [9.17, 15) is 9.18 Å². The van der Waals surface area contributed by atoms with Crippen LogP contribution in [0, 0.1) is 12.7 Å².